The SMILES string of the molecule is CC(C)N=c1ccccn1C(=O)C1CSC2(C)CCC(=O)N12. The Morgan fingerprint density at radius 3 is 2.95 bits per heavy atom. The molecule has 2 aliphatic heterocycles. The zero-order chi connectivity index (χ0) is 15.9. The van der Waals surface area contributed by atoms with Crippen LogP contribution in [0.15, 0.2) is 29.4 Å². The smallest absolute Gasteiger partial charge is 0.255 e. The predicted octanol–water partition coefficient (Wildman–Crippen LogP) is 1.89. The van der Waals surface area contributed by atoms with Gasteiger partial charge in [0.15, 0.2) is 0 Å². The van der Waals surface area contributed by atoms with Crippen molar-refractivity contribution in [2.75, 3.05) is 5.75 Å². The molecular formula is C16H21N3O2S. The van der Waals surface area contributed by atoms with Crippen LogP contribution in [0.5, 0.6) is 0 Å². The fourth-order valence-corrected chi connectivity index (χ4v) is 4.58. The molecule has 2 atom stereocenters. The number of pyridine rings is 1. The maximum Gasteiger partial charge on any atom is 0.255 e. The van der Waals surface area contributed by atoms with Gasteiger partial charge >= 0.3 is 0 Å². The maximum absolute atomic E-state index is 13.0. The molecule has 118 valence electrons. The lowest BCUT2D eigenvalue weighted by atomic mass is 10.2. The minimum Gasteiger partial charge on any atom is -0.315 e. The summed E-state index contributed by atoms with van der Waals surface area (Å²) >= 11 is 1.71. The van der Waals surface area contributed by atoms with Gasteiger partial charge in [0.05, 0.1) is 4.87 Å². The van der Waals surface area contributed by atoms with Gasteiger partial charge in [0.1, 0.15) is 11.5 Å². The fourth-order valence-electron chi connectivity index (χ4n) is 3.15. The molecular weight excluding hydrogens is 298 g/mol. The average Bonchev–Trinajstić information content (AvgIpc) is 2.95. The van der Waals surface area contributed by atoms with Crippen LogP contribution in [-0.2, 0) is 4.79 Å². The zero-order valence-corrected chi connectivity index (χ0v) is 14.0. The predicted molar refractivity (Wildman–Crippen MR) is 86.5 cm³/mol. The van der Waals surface area contributed by atoms with Crippen LogP contribution in [0.25, 0.3) is 0 Å². The molecule has 3 rings (SSSR count). The number of carbonyl (C=O) groups excluding carboxylic acids is 2. The Morgan fingerprint density at radius 1 is 1.45 bits per heavy atom. The van der Waals surface area contributed by atoms with Gasteiger partial charge in [0.25, 0.3) is 5.91 Å². The summed E-state index contributed by atoms with van der Waals surface area (Å²) in [5, 5.41) is 0. The number of amides is 1. The molecule has 6 heteroatoms. The third-order valence-electron chi connectivity index (χ3n) is 4.20. The van der Waals surface area contributed by atoms with Crippen molar-refractivity contribution in [3.05, 3.63) is 29.9 Å². The molecule has 1 amide bonds. The summed E-state index contributed by atoms with van der Waals surface area (Å²) < 4.78 is 1.59. The Kier molecular flexibility index (Phi) is 3.89. The van der Waals surface area contributed by atoms with Crippen LogP contribution in [0.2, 0.25) is 0 Å². The van der Waals surface area contributed by atoms with Crippen molar-refractivity contribution in [2.45, 2.75) is 50.6 Å². The summed E-state index contributed by atoms with van der Waals surface area (Å²) in [6.07, 6.45) is 3.10. The molecule has 0 N–H and O–H groups in total. The lowest BCUT2D eigenvalue weighted by Crippen LogP contribution is -2.49. The van der Waals surface area contributed by atoms with Gasteiger partial charge in [-0.1, -0.05) is 6.07 Å². The molecule has 0 saturated carbocycles. The molecule has 22 heavy (non-hydrogen) atoms. The van der Waals surface area contributed by atoms with Crippen molar-refractivity contribution < 1.29 is 9.59 Å². The maximum atomic E-state index is 13.0. The summed E-state index contributed by atoms with van der Waals surface area (Å²) in [4.78, 5) is 31.2. The first-order valence-electron chi connectivity index (χ1n) is 7.64. The van der Waals surface area contributed by atoms with Gasteiger partial charge in [-0.05, 0) is 39.3 Å². The fraction of sp³-hybridized carbons (Fsp3) is 0.562. The minimum atomic E-state index is -0.390. The van der Waals surface area contributed by atoms with E-state index in [1.807, 2.05) is 32.0 Å². The Balaban J connectivity index is 1.98. The van der Waals surface area contributed by atoms with E-state index in [0.29, 0.717) is 17.7 Å². The Hall–Kier alpha value is -1.56. The first kappa shape index (κ1) is 15.3. The van der Waals surface area contributed by atoms with E-state index in [9.17, 15) is 9.59 Å². The van der Waals surface area contributed by atoms with E-state index < -0.39 is 6.04 Å². The molecule has 3 heterocycles. The van der Waals surface area contributed by atoms with Crippen LogP contribution in [0.3, 0.4) is 0 Å². The first-order chi connectivity index (χ1) is 10.4. The number of hydrogen-bond acceptors (Lipinski definition) is 4. The molecule has 2 fully saturated rings. The van der Waals surface area contributed by atoms with Crippen molar-refractivity contribution in [3.63, 3.8) is 0 Å². The van der Waals surface area contributed by atoms with Crippen LogP contribution < -0.4 is 5.49 Å². The summed E-state index contributed by atoms with van der Waals surface area (Å²) in [6, 6.07) is 5.26. The molecule has 0 spiro atoms. The van der Waals surface area contributed by atoms with E-state index in [2.05, 4.69) is 11.9 Å². The number of thioether (sulfide) groups is 1. The Labute approximate surface area is 134 Å². The topological polar surface area (TPSA) is 54.7 Å². The van der Waals surface area contributed by atoms with Gasteiger partial charge in [-0.15, -0.1) is 11.8 Å². The summed E-state index contributed by atoms with van der Waals surface area (Å²) in [6.45, 7) is 6.02. The minimum absolute atomic E-state index is 0.0634. The average molecular weight is 319 g/mol. The Bertz CT molecular complexity index is 682. The monoisotopic (exact) mass is 319 g/mol. The zero-order valence-electron chi connectivity index (χ0n) is 13.2. The van der Waals surface area contributed by atoms with Crippen molar-refractivity contribution in [2.24, 2.45) is 4.99 Å². The van der Waals surface area contributed by atoms with Crippen LogP contribution in [0, 0.1) is 0 Å². The molecule has 0 aliphatic carbocycles. The lowest BCUT2D eigenvalue weighted by molar-refractivity contribution is -0.130. The van der Waals surface area contributed by atoms with Gasteiger partial charge in [-0.3, -0.25) is 19.1 Å². The molecule has 0 bridgehead atoms. The molecule has 1 aromatic rings. The van der Waals surface area contributed by atoms with Crippen molar-refractivity contribution in [3.8, 4) is 0 Å². The molecule has 2 aliphatic rings. The second-order valence-electron chi connectivity index (χ2n) is 6.26. The van der Waals surface area contributed by atoms with Crippen molar-refractivity contribution in [1.82, 2.24) is 9.47 Å². The van der Waals surface area contributed by atoms with Crippen molar-refractivity contribution >= 4 is 23.6 Å². The van der Waals surface area contributed by atoms with Crippen molar-refractivity contribution in [1.29, 1.82) is 0 Å². The number of nitrogens with zero attached hydrogens (tertiary/aromatic N) is 3. The number of fused-ring (bicyclic) bond motifs is 1. The van der Waals surface area contributed by atoms with Gasteiger partial charge < -0.3 is 4.90 Å². The van der Waals surface area contributed by atoms with E-state index in [4.69, 9.17) is 0 Å². The highest BCUT2D eigenvalue weighted by molar-refractivity contribution is 8.01. The first-order valence-corrected chi connectivity index (χ1v) is 8.63. The number of carbonyl (C=O) groups is 2. The molecule has 0 radical (unpaired) electrons. The summed E-state index contributed by atoms with van der Waals surface area (Å²) in [5.41, 5.74) is 0.646. The highest BCUT2D eigenvalue weighted by Gasteiger charge is 2.53. The molecule has 5 nitrogen and oxygen atoms in total. The highest BCUT2D eigenvalue weighted by Crippen LogP contribution is 2.47. The third kappa shape index (κ3) is 2.49. The summed E-state index contributed by atoms with van der Waals surface area (Å²) in [5.74, 6) is 0.681. The van der Waals surface area contributed by atoms with Crippen LogP contribution in [-0.4, -0.2) is 44.0 Å². The standard InChI is InChI=1S/C16H21N3O2S/c1-11(2)17-13-6-4-5-9-18(13)15(21)12-10-22-16(3)8-7-14(20)19(12)16/h4-6,9,11-12H,7-8,10H2,1-3H3. The number of rotatable bonds is 2. The normalized spacial score (nSPS) is 28.5. The second kappa shape index (κ2) is 5.57. The lowest BCUT2D eigenvalue weighted by Gasteiger charge is -2.30. The molecule has 0 aromatic carbocycles. The summed E-state index contributed by atoms with van der Waals surface area (Å²) in [7, 11) is 0. The van der Waals surface area contributed by atoms with Gasteiger partial charge in [-0.2, -0.15) is 0 Å². The highest BCUT2D eigenvalue weighted by atomic mass is 32.2. The molecule has 2 unspecified atom stereocenters. The third-order valence-corrected chi connectivity index (χ3v) is 5.70. The van der Waals surface area contributed by atoms with Crippen LogP contribution in [0.4, 0.5) is 0 Å². The van der Waals surface area contributed by atoms with Gasteiger partial charge in [0, 0.05) is 24.4 Å². The largest absolute Gasteiger partial charge is 0.315 e. The van der Waals surface area contributed by atoms with Crippen LogP contribution >= 0.6 is 11.8 Å². The second-order valence-corrected chi connectivity index (χ2v) is 7.76. The van der Waals surface area contributed by atoms with Gasteiger partial charge in [-0.25, -0.2) is 0 Å². The van der Waals surface area contributed by atoms with Gasteiger partial charge in [0.2, 0.25) is 5.91 Å². The quantitative estimate of drug-likeness (QED) is 0.836. The molecule has 1 aromatic heterocycles. The molecule has 2 saturated heterocycles. The van der Waals surface area contributed by atoms with E-state index in [1.165, 1.54) is 0 Å². The number of hydrogen-bond donors (Lipinski definition) is 0. The van der Waals surface area contributed by atoms with Crippen LogP contribution in [0.1, 0.15) is 38.4 Å². The van der Waals surface area contributed by atoms with E-state index >= 15 is 0 Å². The van der Waals surface area contributed by atoms with E-state index in [0.717, 1.165) is 6.42 Å². The van der Waals surface area contributed by atoms with E-state index in [-0.39, 0.29) is 22.7 Å². The number of aromatic nitrogens is 1. The van der Waals surface area contributed by atoms with E-state index in [1.54, 1.807) is 27.4 Å². The Morgan fingerprint density at radius 2 is 2.23 bits per heavy atom.